The van der Waals surface area contributed by atoms with E-state index < -0.39 is 0 Å². The van der Waals surface area contributed by atoms with E-state index in [1.807, 2.05) is 53.9 Å². The molecule has 1 aromatic heterocycles. The zero-order valence-corrected chi connectivity index (χ0v) is 18.6. The largest absolute Gasteiger partial charge is 0.482 e. The number of thiazole rings is 1. The van der Waals surface area contributed by atoms with Crippen molar-refractivity contribution in [3.8, 4) is 17.0 Å². The van der Waals surface area contributed by atoms with Crippen LogP contribution < -0.4 is 15.0 Å². The van der Waals surface area contributed by atoms with Gasteiger partial charge in [-0.05, 0) is 36.6 Å². The van der Waals surface area contributed by atoms with Crippen LogP contribution in [-0.4, -0.2) is 23.4 Å². The molecule has 164 valence electrons. The molecule has 6 nitrogen and oxygen atoms in total. The van der Waals surface area contributed by atoms with Crippen molar-refractivity contribution in [1.29, 1.82) is 0 Å². The lowest BCUT2D eigenvalue weighted by Gasteiger charge is -2.29. The molecule has 7 heteroatoms. The summed E-state index contributed by atoms with van der Waals surface area (Å²) in [5.41, 5.74) is 3.45. The number of aromatic nitrogens is 1. The quantitative estimate of drug-likeness (QED) is 0.580. The number of fused-ring (bicyclic) bond motifs is 1. The summed E-state index contributed by atoms with van der Waals surface area (Å²) in [4.78, 5) is 31.6. The van der Waals surface area contributed by atoms with Crippen LogP contribution in [0.5, 0.6) is 5.75 Å². The Morgan fingerprint density at radius 3 is 2.75 bits per heavy atom. The van der Waals surface area contributed by atoms with Gasteiger partial charge in [0.25, 0.3) is 5.91 Å². The molecule has 3 aromatic rings. The Morgan fingerprint density at radius 2 is 1.94 bits per heavy atom. The maximum Gasteiger partial charge on any atom is 0.265 e. The normalized spacial score (nSPS) is 16.4. The van der Waals surface area contributed by atoms with Crippen molar-refractivity contribution in [3.63, 3.8) is 0 Å². The van der Waals surface area contributed by atoms with Gasteiger partial charge >= 0.3 is 0 Å². The number of ether oxygens (including phenoxy) is 1. The number of nitrogens with zero attached hydrogens (tertiary/aromatic N) is 2. The molecule has 5 rings (SSSR count). The molecule has 0 spiro atoms. The van der Waals surface area contributed by atoms with Crippen LogP contribution in [0.4, 0.5) is 10.8 Å². The Kier molecular flexibility index (Phi) is 5.90. The van der Waals surface area contributed by atoms with Crippen LogP contribution in [0.1, 0.15) is 37.7 Å². The highest BCUT2D eigenvalue weighted by Gasteiger charge is 2.27. The van der Waals surface area contributed by atoms with E-state index in [-0.39, 0.29) is 24.3 Å². The van der Waals surface area contributed by atoms with E-state index >= 15 is 0 Å². The van der Waals surface area contributed by atoms with Gasteiger partial charge < -0.3 is 15.0 Å². The molecular formula is C25H25N3O3S. The molecule has 0 atom stereocenters. The van der Waals surface area contributed by atoms with Crippen LogP contribution in [0.15, 0.2) is 53.9 Å². The summed E-state index contributed by atoms with van der Waals surface area (Å²) in [5.74, 6) is 0.779. The summed E-state index contributed by atoms with van der Waals surface area (Å²) < 4.78 is 5.65. The number of hydrogen-bond acceptors (Lipinski definition) is 5. The highest BCUT2D eigenvalue weighted by molar-refractivity contribution is 7.14. The number of carbonyl (C=O) groups is 2. The Labute approximate surface area is 191 Å². The lowest BCUT2D eigenvalue weighted by molar-refractivity contribution is -0.121. The topological polar surface area (TPSA) is 71.5 Å². The van der Waals surface area contributed by atoms with Gasteiger partial charge in [0, 0.05) is 16.9 Å². The highest BCUT2D eigenvalue weighted by Crippen LogP contribution is 2.37. The van der Waals surface area contributed by atoms with Gasteiger partial charge in [-0.3, -0.25) is 9.59 Å². The molecular weight excluding hydrogens is 422 g/mol. The minimum atomic E-state index is -0.0720. The molecule has 2 aromatic carbocycles. The third kappa shape index (κ3) is 4.39. The first-order chi connectivity index (χ1) is 15.7. The van der Waals surface area contributed by atoms with Crippen molar-refractivity contribution in [2.24, 2.45) is 5.92 Å². The van der Waals surface area contributed by atoms with Crippen LogP contribution in [0.2, 0.25) is 0 Å². The van der Waals surface area contributed by atoms with E-state index in [4.69, 9.17) is 4.74 Å². The molecule has 32 heavy (non-hydrogen) atoms. The molecule has 0 unspecified atom stereocenters. The Balaban J connectivity index is 1.36. The van der Waals surface area contributed by atoms with Gasteiger partial charge in [-0.15, -0.1) is 11.3 Å². The van der Waals surface area contributed by atoms with Crippen LogP contribution in [0.3, 0.4) is 0 Å². The molecule has 1 fully saturated rings. The predicted molar refractivity (Wildman–Crippen MR) is 126 cm³/mol. The number of nitrogens with one attached hydrogen (secondary N) is 1. The Morgan fingerprint density at radius 1 is 1.12 bits per heavy atom. The van der Waals surface area contributed by atoms with Crippen molar-refractivity contribution in [1.82, 2.24) is 4.98 Å². The predicted octanol–water partition coefficient (Wildman–Crippen LogP) is 5.25. The summed E-state index contributed by atoms with van der Waals surface area (Å²) >= 11 is 1.42. The van der Waals surface area contributed by atoms with Gasteiger partial charge in [0.05, 0.1) is 17.9 Å². The first-order valence-corrected chi connectivity index (χ1v) is 11.9. The van der Waals surface area contributed by atoms with E-state index in [2.05, 4.69) is 10.3 Å². The fourth-order valence-corrected chi connectivity index (χ4v) is 5.06. The Bertz CT molecular complexity index is 1120. The lowest BCUT2D eigenvalue weighted by Crippen LogP contribution is -2.38. The maximum atomic E-state index is 12.6. The SMILES string of the molecule is O=C(Nc1nc(-c2ccc3c(c2)N(Cc2ccccc2)C(=O)CO3)cs1)C1CCCCC1. The molecule has 2 aliphatic rings. The van der Waals surface area contributed by atoms with Gasteiger partial charge in [-0.1, -0.05) is 49.6 Å². The number of carbonyl (C=O) groups excluding carboxylic acids is 2. The smallest absolute Gasteiger partial charge is 0.265 e. The van der Waals surface area contributed by atoms with Crippen molar-refractivity contribution < 1.29 is 14.3 Å². The van der Waals surface area contributed by atoms with Gasteiger partial charge in [-0.25, -0.2) is 4.98 Å². The summed E-state index contributed by atoms with van der Waals surface area (Å²) in [6.45, 7) is 0.520. The summed E-state index contributed by atoms with van der Waals surface area (Å²) in [6, 6.07) is 15.7. The van der Waals surface area contributed by atoms with Crippen LogP contribution >= 0.6 is 11.3 Å². The number of rotatable bonds is 5. The first-order valence-electron chi connectivity index (χ1n) is 11.1. The second-order valence-electron chi connectivity index (χ2n) is 8.30. The number of benzene rings is 2. The molecule has 2 amide bonds. The standard InChI is InChI=1S/C25H25N3O3S/c29-23-15-31-22-12-11-19(13-21(22)28(23)14-17-7-3-1-4-8-17)20-16-32-25(26-20)27-24(30)18-9-5-2-6-10-18/h1,3-4,7-8,11-13,16,18H,2,5-6,9-10,14-15H2,(H,26,27,30). The van der Waals surface area contributed by atoms with E-state index in [9.17, 15) is 9.59 Å². The average molecular weight is 448 g/mol. The van der Waals surface area contributed by atoms with E-state index in [1.54, 1.807) is 4.90 Å². The van der Waals surface area contributed by atoms with Gasteiger partial charge in [0.2, 0.25) is 5.91 Å². The minimum Gasteiger partial charge on any atom is -0.482 e. The minimum absolute atomic E-state index is 0.0349. The zero-order valence-electron chi connectivity index (χ0n) is 17.8. The number of hydrogen-bond donors (Lipinski definition) is 1. The third-order valence-electron chi connectivity index (χ3n) is 6.09. The maximum absolute atomic E-state index is 12.6. The first kappa shape index (κ1) is 20.7. The third-order valence-corrected chi connectivity index (χ3v) is 6.85. The molecule has 1 aliphatic carbocycles. The molecule has 0 bridgehead atoms. The average Bonchev–Trinajstić information content (AvgIpc) is 3.30. The number of anilines is 2. The lowest BCUT2D eigenvalue weighted by atomic mass is 9.89. The highest BCUT2D eigenvalue weighted by atomic mass is 32.1. The van der Waals surface area contributed by atoms with E-state index in [0.717, 1.165) is 48.2 Å². The van der Waals surface area contributed by atoms with Crippen molar-refractivity contribution >= 4 is 34.0 Å². The summed E-state index contributed by atoms with van der Waals surface area (Å²) in [7, 11) is 0. The zero-order chi connectivity index (χ0) is 21.9. The van der Waals surface area contributed by atoms with Gasteiger partial charge in [0.15, 0.2) is 11.7 Å². The second kappa shape index (κ2) is 9.12. The van der Waals surface area contributed by atoms with Gasteiger partial charge in [0.1, 0.15) is 5.75 Å². The molecule has 2 heterocycles. The number of amides is 2. The molecule has 1 N–H and O–H groups in total. The monoisotopic (exact) mass is 447 g/mol. The van der Waals surface area contributed by atoms with Crippen molar-refractivity contribution in [2.75, 3.05) is 16.8 Å². The fourth-order valence-electron chi connectivity index (χ4n) is 4.34. The van der Waals surface area contributed by atoms with E-state index in [1.165, 1.54) is 17.8 Å². The van der Waals surface area contributed by atoms with Gasteiger partial charge in [-0.2, -0.15) is 0 Å². The van der Waals surface area contributed by atoms with Crippen LogP contribution in [0.25, 0.3) is 11.3 Å². The van der Waals surface area contributed by atoms with Crippen molar-refractivity contribution in [3.05, 3.63) is 59.5 Å². The second-order valence-corrected chi connectivity index (χ2v) is 9.16. The van der Waals surface area contributed by atoms with Crippen molar-refractivity contribution in [2.45, 2.75) is 38.6 Å². The van der Waals surface area contributed by atoms with Crippen LogP contribution in [-0.2, 0) is 16.1 Å². The Hall–Kier alpha value is -3.19. The molecule has 1 saturated carbocycles. The fraction of sp³-hybridized carbons (Fsp3) is 0.320. The summed E-state index contributed by atoms with van der Waals surface area (Å²) in [6.07, 6.45) is 5.38. The molecule has 0 saturated heterocycles. The van der Waals surface area contributed by atoms with Crippen LogP contribution in [0, 0.1) is 5.92 Å². The summed E-state index contributed by atoms with van der Waals surface area (Å²) in [5, 5.41) is 5.54. The van der Waals surface area contributed by atoms with E-state index in [0.29, 0.717) is 17.4 Å². The molecule has 0 radical (unpaired) electrons. The molecule has 1 aliphatic heterocycles.